The number of hydrogen-bond donors (Lipinski definition) is 0. The van der Waals surface area contributed by atoms with Crippen LogP contribution in [0.25, 0.3) is 5.70 Å². The van der Waals surface area contributed by atoms with Gasteiger partial charge in [-0.05, 0) is 6.92 Å². The molecule has 1 fully saturated rings. The second kappa shape index (κ2) is 5.05. The molecule has 0 bridgehead atoms. The van der Waals surface area contributed by atoms with Crippen molar-refractivity contribution in [1.82, 2.24) is 19.4 Å². The molecule has 0 radical (unpaired) electrons. The van der Waals surface area contributed by atoms with Crippen LogP contribution < -0.4 is 0 Å². The van der Waals surface area contributed by atoms with E-state index in [9.17, 15) is 9.59 Å². The second-order valence-corrected chi connectivity index (χ2v) is 4.56. The first-order valence-electron chi connectivity index (χ1n) is 5.82. The molecule has 1 aromatic heterocycles. The Kier molecular flexibility index (Phi) is 3.61. The Hall–Kier alpha value is -1.82. The van der Waals surface area contributed by atoms with Crippen LogP contribution in [-0.4, -0.2) is 44.9 Å². The van der Waals surface area contributed by atoms with Gasteiger partial charge in [-0.15, -0.1) is 11.6 Å². The Balaban J connectivity index is 2.39. The first-order chi connectivity index (χ1) is 8.99. The molecule has 0 aliphatic carbocycles. The number of hydrogen-bond acceptors (Lipinski definition) is 3. The van der Waals surface area contributed by atoms with Gasteiger partial charge in [-0.3, -0.25) is 14.6 Å². The predicted octanol–water partition coefficient (Wildman–Crippen LogP) is 1.41. The molecule has 1 aromatic rings. The molecule has 1 aliphatic heterocycles. The molecule has 7 heteroatoms. The molecule has 0 unspecified atom stereocenters. The van der Waals surface area contributed by atoms with Crippen molar-refractivity contribution < 1.29 is 9.59 Å². The number of alkyl halides is 1. The number of imide groups is 1. The van der Waals surface area contributed by atoms with Crippen molar-refractivity contribution in [2.45, 2.75) is 12.8 Å². The summed E-state index contributed by atoms with van der Waals surface area (Å²) in [6.45, 7) is 1.85. The van der Waals surface area contributed by atoms with Crippen LogP contribution in [0, 0.1) is 0 Å². The Labute approximate surface area is 116 Å². The summed E-state index contributed by atoms with van der Waals surface area (Å²) in [5, 5.41) is 0. The molecule has 2 rings (SSSR count). The zero-order chi connectivity index (χ0) is 14.2. The molecule has 6 nitrogen and oxygen atoms in total. The van der Waals surface area contributed by atoms with Crippen molar-refractivity contribution in [3.8, 4) is 0 Å². The van der Waals surface area contributed by atoms with Crippen molar-refractivity contribution in [2.75, 3.05) is 13.6 Å². The van der Waals surface area contributed by atoms with E-state index < -0.39 is 0 Å². The SMILES string of the molecule is C/C=C(\c1nc(CCl)cn1C)N1CC(=O)N(C)C1=O. The third kappa shape index (κ3) is 2.23. The quantitative estimate of drug-likeness (QED) is 0.622. The highest BCUT2D eigenvalue weighted by atomic mass is 35.5. The van der Waals surface area contributed by atoms with Gasteiger partial charge in [-0.25, -0.2) is 9.78 Å². The molecule has 102 valence electrons. The molecule has 0 atom stereocenters. The number of imidazole rings is 1. The number of carbonyl (C=O) groups excluding carboxylic acids is 2. The summed E-state index contributed by atoms with van der Waals surface area (Å²) < 4.78 is 1.79. The van der Waals surface area contributed by atoms with Crippen molar-refractivity contribution in [3.63, 3.8) is 0 Å². The van der Waals surface area contributed by atoms with Crippen LogP contribution in [-0.2, 0) is 17.7 Å². The van der Waals surface area contributed by atoms with Gasteiger partial charge in [0.05, 0.1) is 17.3 Å². The lowest BCUT2D eigenvalue weighted by molar-refractivity contribution is -0.124. The van der Waals surface area contributed by atoms with E-state index in [1.807, 2.05) is 7.05 Å². The maximum atomic E-state index is 12.0. The first kappa shape index (κ1) is 13.6. The average Bonchev–Trinajstić information content (AvgIpc) is 2.88. The summed E-state index contributed by atoms with van der Waals surface area (Å²) in [6.07, 6.45) is 3.57. The number of aromatic nitrogens is 2. The highest BCUT2D eigenvalue weighted by Gasteiger charge is 2.36. The van der Waals surface area contributed by atoms with E-state index >= 15 is 0 Å². The number of rotatable bonds is 3. The summed E-state index contributed by atoms with van der Waals surface area (Å²) in [5.74, 6) is 0.697. The van der Waals surface area contributed by atoms with E-state index in [1.54, 1.807) is 23.8 Å². The van der Waals surface area contributed by atoms with Crippen molar-refractivity contribution in [2.24, 2.45) is 7.05 Å². The lowest BCUT2D eigenvalue weighted by Crippen LogP contribution is -2.29. The van der Waals surface area contributed by atoms with Gasteiger partial charge < -0.3 is 4.57 Å². The van der Waals surface area contributed by atoms with Crippen molar-refractivity contribution in [1.29, 1.82) is 0 Å². The molecule has 0 spiro atoms. The van der Waals surface area contributed by atoms with Crippen LogP contribution in [0.2, 0.25) is 0 Å². The fourth-order valence-corrected chi connectivity index (χ4v) is 2.15. The summed E-state index contributed by atoms with van der Waals surface area (Å²) in [6, 6.07) is -0.339. The number of nitrogens with zero attached hydrogens (tertiary/aromatic N) is 4. The number of allylic oxidation sites excluding steroid dienone is 1. The lowest BCUT2D eigenvalue weighted by atomic mass is 10.3. The van der Waals surface area contributed by atoms with Gasteiger partial charge in [-0.1, -0.05) is 6.08 Å². The Morgan fingerprint density at radius 1 is 1.47 bits per heavy atom. The van der Waals surface area contributed by atoms with E-state index in [0.717, 1.165) is 10.6 Å². The monoisotopic (exact) mass is 282 g/mol. The number of likely N-dealkylation sites (N-methyl/N-ethyl adjacent to an activating group) is 1. The standard InChI is InChI=1S/C12H15ClN4O2/c1-4-9(11-14-8(5-13)6-15(11)2)17-7-10(18)16(3)12(17)19/h4,6H,5,7H2,1-3H3/b9-4+. The third-order valence-electron chi connectivity index (χ3n) is 3.04. The second-order valence-electron chi connectivity index (χ2n) is 4.30. The van der Waals surface area contributed by atoms with Gasteiger partial charge in [0, 0.05) is 20.3 Å². The smallest absolute Gasteiger partial charge is 0.331 e. The highest BCUT2D eigenvalue weighted by molar-refractivity contribution is 6.16. The molecule has 3 amide bonds. The summed E-state index contributed by atoms with van der Waals surface area (Å²) in [5.41, 5.74) is 1.34. The van der Waals surface area contributed by atoms with Gasteiger partial charge in [0.2, 0.25) is 5.91 Å². The molecule has 2 heterocycles. The van der Waals surface area contributed by atoms with E-state index in [-0.39, 0.29) is 18.5 Å². The Bertz CT molecular complexity index is 564. The van der Waals surface area contributed by atoms with Gasteiger partial charge >= 0.3 is 6.03 Å². The third-order valence-corrected chi connectivity index (χ3v) is 3.32. The predicted molar refractivity (Wildman–Crippen MR) is 71.3 cm³/mol. The minimum absolute atomic E-state index is 0.0398. The molecule has 1 aliphatic rings. The van der Waals surface area contributed by atoms with Crippen molar-refractivity contribution in [3.05, 3.63) is 23.8 Å². The minimum atomic E-state index is -0.339. The maximum Gasteiger partial charge on any atom is 0.331 e. The number of urea groups is 1. The van der Waals surface area contributed by atoms with Gasteiger partial charge in [0.15, 0.2) is 5.82 Å². The molecule has 0 aromatic carbocycles. The van der Waals surface area contributed by atoms with Crippen LogP contribution in [0.15, 0.2) is 12.3 Å². The summed E-state index contributed by atoms with van der Waals surface area (Å²) in [7, 11) is 3.30. The van der Waals surface area contributed by atoms with Crippen LogP contribution in [0.4, 0.5) is 4.79 Å². The molecule has 1 saturated heterocycles. The number of aryl methyl sites for hydroxylation is 1. The first-order valence-corrected chi connectivity index (χ1v) is 6.36. The molecular weight excluding hydrogens is 268 g/mol. The van der Waals surface area contributed by atoms with Crippen molar-refractivity contribution >= 4 is 29.2 Å². The topological polar surface area (TPSA) is 58.4 Å². The van der Waals surface area contributed by atoms with E-state index in [0.29, 0.717) is 17.4 Å². The normalized spacial score (nSPS) is 16.7. The van der Waals surface area contributed by atoms with E-state index in [4.69, 9.17) is 11.6 Å². The zero-order valence-corrected chi connectivity index (χ0v) is 11.8. The average molecular weight is 283 g/mol. The van der Waals surface area contributed by atoms with Gasteiger partial charge in [0.25, 0.3) is 0 Å². The summed E-state index contributed by atoms with van der Waals surface area (Å²) >= 11 is 5.76. The van der Waals surface area contributed by atoms with Crippen LogP contribution in [0.1, 0.15) is 18.4 Å². The summed E-state index contributed by atoms with van der Waals surface area (Å²) in [4.78, 5) is 30.5. The van der Waals surface area contributed by atoms with Crippen LogP contribution >= 0.6 is 11.6 Å². The Morgan fingerprint density at radius 2 is 2.16 bits per heavy atom. The fraction of sp³-hybridized carbons (Fsp3) is 0.417. The number of amides is 3. The largest absolute Gasteiger partial charge is 0.332 e. The fourth-order valence-electron chi connectivity index (χ4n) is 2.02. The van der Waals surface area contributed by atoms with E-state index in [1.165, 1.54) is 11.9 Å². The molecular formula is C12H15ClN4O2. The van der Waals surface area contributed by atoms with Gasteiger partial charge in [0.1, 0.15) is 6.54 Å². The lowest BCUT2D eigenvalue weighted by Gasteiger charge is -2.18. The molecule has 0 saturated carbocycles. The van der Waals surface area contributed by atoms with Crippen LogP contribution in [0.3, 0.4) is 0 Å². The number of halogens is 1. The highest BCUT2D eigenvalue weighted by Crippen LogP contribution is 2.23. The van der Waals surface area contributed by atoms with Crippen LogP contribution in [0.5, 0.6) is 0 Å². The molecule has 0 N–H and O–H groups in total. The maximum absolute atomic E-state index is 12.0. The Morgan fingerprint density at radius 3 is 2.58 bits per heavy atom. The number of carbonyl (C=O) groups is 2. The van der Waals surface area contributed by atoms with E-state index in [2.05, 4.69) is 4.98 Å². The molecule has 19 heavy (non-hydrogen) atoms. The zero-order valence-electron chi connectivity index (χ0n) is 11.1. The van der Waals surface area contributed by atoms with Gasteiger partial charge in [-0.2, -0.15) is 0 Å². The minimum Gasteiger partial charge on any atom is -0.332 e.